The monoisotopic (exact) mass is 436 g/mol. The van der Waals surface area contributed by atoms with Crippen molar-refractivity contribution < 1.29 is 9.53 Å². The molecule has 0 fully saturated rings. The topological polar surface area (TPSA) is 69.0 Å². The van der Waals surface area contributed by atoms with E-state index < -0.39 is 0 Å². The van der Waals surface area contributed by atoms with Crippen molar-refractivity contribution in [3.63, 3.8) is 0 Å². The fourth-order valence-corrected chi connectivity index (χ4v) is 4.07. The summed E-state index contributed by atoms with van der Waals surface area (Å²) in [4.78, 5) is 12.6. The second kappa shape index (κ2) is 10.8. The van der Waals surface area contributed by atoms with Gasteiger partial charge in [-0.15, -0.1) is 16.8 Å². The van der Waals surface area contributed by atoms with Crippen molar-refractivity contribution in [2.45, 2.75) is 38.4 Å². The number of aromatic nitrogens is 3. The molecule has 0 aliphatic rings. The molecular formula is C24H28N4O2S. The van der Waals surface area contributed by atoms with Gasteiger partial charge in [0.1, 0.15) is 11.6 Å². The summed E-state index contributed by atoms with van der Waals surface area (Å²) in [7, 11) is 1.65. The van der Waals surface area contributed by atoms with Gasteiger partial charge in [-0.2, -0.15) is 0 Å². The lowest BCUT2D eigenvalue weighted by atomic mass is 10.1. The molecule has 31 heavy (non-hydrogen) atoms. The lowest BCUT2D eigenvalue weighted by Gasteiger charge is -2.13. The van der Waals surface area contributed by atoms with Gasteiger partial charge in [-0.1, -0.05) is 55.1 Å². The van der Waals surface area contributed by atoms with E-state index in [0.29, 0.717) is 18.1 Å². The number of rotatable bonds is 10. The van der Waals surface area contributed by atoms with Crippen LogP contribution >= 0.6 is 11.8 Å². The van der Waals surface area contributed by atoms with E-state index in [4.69, 9.17) is 4.74 Å². The lowest BCUT2D eigenvalue weighted by Crippen LogP contribution is -2.17. The number of benzene rings is 2. The molecule has 0 aliphatic heterocycles. The Balaban J connectivity index is 1.68. The third-order valence-corrected chi connectivity index (χ3v) is 5.93. The summed E-state index contributed by atoms with van der Waals surface area (Å²) in [5.74, 6) is 1.85. The van der Waals surface area contributed by atoms with Gasteiger partial charge in [-0.05, 0) is 42.2 Å². The van der Waals surface area contributed by atoms with Gasteiger partial charge in [-0.25, -0.2) is 0 Å². The predicted molar refractivity (Wildman–Crippen MR) is 126 cm³/mol. The van der Waals surface area contributed by atoms with E-state index in [1.54, 1.807) is 7.11 Å². The fraction of sp³-hybridized carbons (Fsp3) is 0.292. The molecule has 0 radical (unpaired) electrons. The van der Waals surface area contributed by atoms with Gasteiger partial charge < -0.3 is 14.6 Å². The van der Waals surface area contributed by atoms with Crippen LogP contribution in [0.2, 0.25) is 0 Å². The minimum absolute atomic E-state index is 0.0566. The minimum Gasteiger partial charge on any atom is -0.497 e. The lowest BCUT2D eigenvalue weighted by molar-refractivity contribution is -0.113. The zero-order valence-corrected chi connectivity index (χ0v) is 19.0. The van der Waals surface area contributed by atoms with Crippen LogP contribution in [0.5, 0.6) is 5.75 Å². The van der Waals surface area contributed by atoms with Crippen molar-refractivity contribution in [1.29, 1.82) is 0 Å². The number of carbonyl (C=O) groups excluding carboxylic acids is 1. The quantitative estimate of drug-likeness (QED) is 0.370. The first kappa shape index (κ1) is 22.6. The Morgan fingerprint density at radius 3 is 2.68 bits per heavy atom. The van der Waals surface area contributed by atoms with Gasteiger partial charge in [0, 0.05) is 18.7 Å². The Kier molecular flexibility index (Phi) is 7.89. The molecule has 3 rings (SSSR count). The fourth-order valence-electron chi connectivity index (χ4n) is 3.30. The van der Waals surface area contributed by atoms with E-state index >= 15 is 0 Å². The third kappa shape index (κ3) is 5.76. The van der Waals surface area contributed by atoms with E-state index in [-0.39, 0.29) is 11.7 Å². The highest BCUT2D eigenvalue weighted by Crippen LogP contribution is 2.23. The molecule has 0 atom stereocenters. The number of methoxy groups -OCH3 is 1. The number of nitrogens with one attached hydrogen (secondary N) is 1. The van der Waals surface area contributed by atoms with Gasteiger partial charge in [0.15, 0.2) is 5.16 Å². The van der Waals surface area contributed by atoms with Crippen molar-refractivity contribution in [1.82, 2.24) is 14.8 Å². The number of allylic oxidation sites excluding steroid dienone is 1. The molecular weight excluding hydrogens is 408 g/mol. The maximum absolute atomic E-state index is 12.6. The molecule has 1 heterocycles. The number of aryl methyl sites for hydroxylation is 2. The Hall–Kier alpha value is -3.06. The van der Waals surface area contributed by atoms with Crippen LogP contribution in [0.25, 0.3) is 0 Å². The summed E-state index contributed by atoms with van der Waals surface area (Å²) in [6.07, 6.45) is 3.32. The molecule has 7 heteroatoms. The van der Waals surface area contributed by atoms with Gasteiger partial charge in [-0.3, -0.25) is 4.79 Å². The Morgan fingerprint density at radius 2 is 2.00 bits per heavy atom. The molecule has 0 saturated heterocycles. The van der Waals surface area contributed by atoms with Gasteiger partial charge >= 0.3 is 0 Å². The number of hydrogen-bond donors (Lipinski definition) is 1. The maximum atomic E-state index is 12.6. The van der Waals surface area contributed by atoms with Crippen molar-refractivity contribution in [3.8, 4) is 5.75 Å². The highest BCUT2D eigenvalue weighted by atomic mass is 32.2. The van der Waals surface area contributed by atoms with Crippen molar-refractivity contribution in [3.05, 3.63) is 77.6 Å². The summed E-state index contributed by atoms with van der Waals surface area (Å²) in [5.41, 5.74) is 4.21. The molecule has 0 unspecified atom stereocenters. The van der Waals surface area contributed by atoms with Crippen LogP contribution < -0.4 is 10.1 Å². The molecule has 0 bridgehead atoms. The van der Waals surface area contributed by atoms with E-state index in [0.717, 1.165) is 40.4 Å². The summed E-state index contributed by atoms with van der Waals surface area (Å²) in [5, 5.41) is 12.4. The number of amides is 1. The number of ether oxygens (including phenoxy) is 1. The predicted octanol–water partition coefficient (Wildman–Crippen LogP) is 4.67. The molecule has 162 valence electrons. The maximum Gasteiger partial charge on any atom is 0.234 e. The van der Waals surface area contributed by atoms with E-state index in [2.05, 4.69) is 29.0 Å². The molecule has 1 N–H and O–H groups in total. The Labute approximate surface area is 187 Å². The number of carbonyl (C=O) groups is 1. The summed E-state index contributed by atoms with van der Waals surface area (Å²) in [6, 6.07) is 14.0. The zero-order chi connectivity index (χ0) is 22.2. The molecule has 1 aromatic heterocycles. The van der Waals surface area contributed by atoms with Crippen LogP contribution in [0.1, 0.15) is 29.4 Å². The number of para-hydroxylation sites is 1. The Bertz CT molecular complexity index is 1040. The Morgan fingerprint density at radius 1 is 1.23 bits per heavy atom. The van der Waals surface area contributed by atoms with E-state index in [1.807, 2.05) is 60.0 Å². The highest BCUT2D eigenvalue weighted by Gasteiger charge is 2.15. The third-order valence-electron chi connectivity index (χ3n) is 4.96. The normalized spacial score (nSPS) is 10.7. The average molecular weight is 437 g/mol. The van der Waals surface area contributed by atoms with Crippen molar-refractivity contribution in [2.24, 2.45) is 0 Å². The number of anilines is 1. The van der Waals surface area contributed by atoms with E-state index in [9.17, 15) is 4.79 Å². The smallest absolute Gasteiger partial charge is 0.234 e. The first-order valence-corrected chi connectivity index (χ1v) is 11.2. The van der Waals surface area contributed by atoms with Crippen LogP contribution in [0.4, 0.5) is 5.69 Å². The zero-order valence-electron chi connectivity index (χ0n) is 18.2. The summed E-state index contributed by atoms with van der Waals surface area (Å²) in [6.45, 7) is 8.52. The molecule has 2 aromatic carbocycles. The molecule has 1 amide bonds. The summed E-state index contributed by atoms with van der Waals surface area (Å²) >= 11 is 1.38. The SMILES string of the molecule is C=CCn1c(Cc2ccc(OC)cc2)nnc1SCC(=O)Nc1c(C)cccc1CC. The molecule has 0 spiro atoms. The molecule has 0 aliphatic carbocycles. The average Bonchev–Trinajstić information content (AvgIpc) is 3.15. The van der Waals surface area contributed by atoms with Crippen LogP contribution in [-0.2, 0) is 24.2 Å². The van der Waals surface area contributed by atoms with Crippen LogP contribution in [-0.4, -0.2) is 33.5 Å². The van der Waals surface area contributed by atoms with Crippen LogP contribution in [0.3, 0.4) is 0 Å². The first-order chi connectivity index (χ1) is 15.0. The number of hydrogen-bond acceptors (Lipinski definition) is 5. The minimum atomic E-state index is -0.0566. The second-order valence-electron chi connectivity index (χ2n) is 7.12. The van der Waals surface area contributed by atoms with Gasteiger partial charge in [0.05, 0.1) is 12.9 Å². The summed E-state index contributed by atoms with van der Waals surface area (Å²) < 4.78 is 7.22. The van der Waals surface area contributed by atoms with Crippen molar-refractivity contribution >= 4 is 23.4 Å². The standard InChI is InChI=1S/C24H28N4O2S/c1-5-14-28-21(15-18-10-12-20(30-4)13-11-18)26-27-24(28)31-16-22(29)25-23-17(3)8-7-9-19(23)6-2/h5,7-13H,1,6,14-16H2,2-4H3,(H,25,29). The van der Waals surface area contributed by atoms with E-state index in [1.165, 1.54) is 11.8 Å². The van der Waals surface area contributed by atoms with Gasteiger partial charge in [0.25, 0.3) is 0 Å². The van der Waals surface area contributed by atoms with Crippen LogP contribution in [0.15, 0.2) is 60.3 Å². The molecule has 3 aromatic rings. The number of thioether (sulfide) groups is 1. The van der Waals surface area contributed by atoms with Crippen LogP contribution in [0, 0.1) is 6.92 Å². The largest absolute Gasteiger partial charge is 0.497 e. The first-order valence-electron chi connectivity index (χ1n) is 10.2. The van der Waals surface area contributed by atoms with Gasteiger partial charge in [0.2, 0.25) is 5.91 Å². The molecule has 0 saturated carbocycles. The number of nitrogens with zero attached hydrogens (tertiary/aromatic N) is 3. The molecule has 6 nitrogen and oxygen atoms in total. The highest BCUT2D eigenvalue weighted by molar-refractivity contribution is 7.99. The van der Waals surface area contributed by atoms with Crippen molar-refractivity contribution in [2.75, 3.05) is 18.2 Å². The second-order valence-corrected chi connectivity index (χ2v) is 8.06.